The average Bonchev–Trinajstić information content (AvgIpc) is 2.24. The Hall–Kier alpha value is -2.57. The van der Waals surface area contributed by atoms with Crippen molar-refractivity contribution in [1.29, 1.82) is 0 Å². The zero-order valence-electron chi connectivity index (χ0n) is 11.3. The van der Waals surface area contributed by atoms with Gasteiger partial charge in [0, 0.05) is 0 Å². The van der Waals surface area contributed by atoms with E-state index in [9.17, 15) is 14.4 Å². The molecule has 0 aromatic heterocycles. The number of aromatic carboxylic acids is 2. The molecule has 0 saturated heterocycles. The molecule has 0 aliphatic rings. The second-order valence-corrected chi connectivity index (χ2v) is 5.06. The number of nitrogen functional groups attached to an aromatic ring is 1. The fourth-order valence-corrected chi connectivity index (χ4v) is 1.54. The summed E-state index contributed by atoms with van der Waals surface area (Å²) in [5.41, 5.74) is 3.11. The normalized spacial score (nSPS) is 10.9. The van der Waals surface area contributed by atoms with Crippen LogP contribution in [0.4, 0.5) is 5.69 Å². The van der Waals surface area contributed by atoms with Gasteiger partial charge in [0.1, 0.15) is 5.60 Å². The van der Waals surface area contributed by atoms with Gasteiger partial charge in [0.15, 0.2) is 0 Å². The number of ether oxygens (including phenoxy) is 1. The van der Waals surface area contributed by atoms with E-state index < -0.39 is 40.3 Å². The van der Waals surface area contributed by atoms with Gasteiger partial charge in [-0.05, 0) is 32.9 Å². The first-order valence-electron chi connectivity index (χ1n) is 5.67. The highest BCUT2D eigenvalue weighted by Crippen LogP contribution is 2.24. The molecule has 0 aliphatic carbocycles. The molecule has 0 fully saturated rings. The number of carboxylic acid groups (broad SMARTS) is 2. The third-order valence-corrected chi connectivity index (χ3v) is 2.31. The number of esters is 1. The summed E-state index contributed by atoms with van der Waals surface area (Å²) in [6, 6.07) is 2.15. The van der Waals surface area contributed by atoms with Gasteiger partial charge in [-0.15, -0.1) is 0 Å². The molecule has 1 rings (SSSR count). The van der Waals surface area contributed by atoms with Crippen LogP contribution in [0.3, 0.4) is 0 Å². The van der Waals surface area contributed by atoms with E-state index in [0.717, 1.165) is 12.1 Å². The van der Waals surface area contributed by atoms with Crippen LogP contribution in [0.2, 0.25) is 0 Å². The maximum Gasteiger partial charge on any atom is 0.340 e. The van der Waals surface area contributed by atoms with E-state index in [1.807, 2.05) is 0 Å². The molecular weight excluding hydrogens is 266 g/mol. The number of hydrogen-bond acceptors (Lipinski definition) is 5. The molecule has 0 aliphatic heterocycles. The van der Waals surface area contributed by atoms with Crippen molar-refractivity contribution in [1.82, 2.24) is 0 Å². The molecule has 1 aromatic carbocycles. The Kier molecular flexibility index (Phi) is 4.03. The van der Waals surface area contributed by atoms with Gasteiger partial charge in [0.25, 0.3) is 0 Å². The Morgan fingerprint density at radius 2 is 1.55 bits per heavy atom. The molecule has 7 nitrogen and oxygen atoms in total. The molecule has 4 N–H and O–H groups in total. The first-order valence-corrected chi connectivity index (χ1v) is 5.67. The van der Waals surface area contributed by atoms with E-state index in [2.05, 4.69) is 0 Å². The number of carbonyl (C=O) groups excluding carboxylic acids is 1. The molecule has 0 atom stereocenters. The molecule has 0 amide bonds. The molecule has 0 spiro atoms. The fraction of sp³-hybridized carbons (Fsp3) is 0.308. The first kappa shape index (κ1) is 15.5. The summed E-state index contributed by atoms with van der Waals surface area (Å²) in [6.45, 7) is 4.93. The smallest absolute Gasteiger partial charge is 0.340 e. The van der Waals surface area contributed by atoms with Gasteiger partial charge in [-0.1, -0.05) is 0 Å². The summed E-state index contributed by atoms with van der Waals surface area (Å²) in [4.78, 5) is 34.0. The minimum atomic E-state index is -1.52. The van der Waals surface area contributed by atoms with Crippen LogP contribution >= 0.6 is 0 Å². The molecule has 1 aromatic rings. The van der Waals surface area contributed by atoms with Crippen molar-refractivity contribution in [2.24, 2.45) is 0 Å². The summed E-state index contributed by atoms with van der Waals surface area (Å²) < 4.78 is 5.08. The molecule has 0 unspecified atom stereocenters. The van der Waals surface area contributed by atoms with E-state index >= 15 is 0 Å². The van der Waals surface area contributed by atoms with Gasteiger partial charge in [-0.3, -0.25) is 0 Å². The average molecular weight is 281 g/mol. The predicted molar refractivity (Wildman–Crippen MR) is 69.9 cm³/mol. The second-order valence-electron chi connectivity index (χ2n) is 5.06. The van der Waals surface area contributed by atoms with Crippen LogP contribution in [0.1, 0.15) is 51.8 Å². The summed E-state index contributed by atoms with van der Waals surface area (Å²) in [6.07, 6.45) is 0. The number of carboxylic acids is 2. The van der Waals surface area contributed by atoms with Crippen LogP contribution < -0.4 is 5.73 Å². The van der Waals surface area contributed by atoms with Crippen molar-refractivity contribution in [3.05, 3.63) is 28.8 Å². The third kappa shape index (κ3) is 3.25. The molecule has 108 valence electrons. The van der Waals surface area contributed by atoms with Crippen LogP contribution in [0, 0.1) is 0 Å². The molecular formula is C13H15NO6. The lowest BCUT2D eigenvalue weighted by atomic mass is 10.0. The first-order chi connectivity index (χ1) is 9.04. The highest BCUT2D eigenvalue weighted by Gasteiger charge is 2.26. The Labute approximate surface area is 115 Å². The standard InChI is InChI=1S/C13H15NO6/c1-13(2,3)20-12(19)7-5-4-6(10(15)16)8(9(7)14)11(17)18/h4-5H,14H2,1-3H3,(H,15,16)(H,17,18). The number of benzene rings is 1. The Bertz CT molecular complexity index is 585. The van der Waals surface area contributed by atoms with Gasteiger partial charge >= 0.3 is 17.9 Å². The molecule has 0 saturated carbocycles. The lowest BCUT2D eigenvalue weighted by Gasteiger charge is -2.20. The summed E-state index contributed by atoms with van der Waals surface area (Å²) in [7, 11) is 0. The van der Waals surface area contributed by atoms with Crippen LogP contribution in [0.5, 0.6) is 0 Å². The van der Waals surface area contributed by atoms with Crippen molar-refractivity contribution in [3.63, 3.8) is 0 Å². The van der Waals surface area contributed by atoms with Crippen molar-refractivity contribution < 1.29 is 29.3 Å². The zero-order chi connectivity index (χ0) is 15.7. The lowest BCUT2D eigenvalue weighted by molar-refractivity contribution is 0.00704. The van der Waals surface area contributed by atoms with E-state index in [1.165, 1.54) is 0 Å². The summed E-state index contributed by atoms with van der Waals surface area (Å²) in [5.74, 6) is -3.77. The topological polar surface area (TPSA) is 127 Å². The van der Waals surface area contributed by atoms with Crippen LogP contribution in [-0.4, -0.2) is 33.7 Å². The SMILES string of the molecule is CC(C)(C)OC(=O)c1ccc(C(=O)O)c(C(=O)O)c1N. The van der Waals surface area contributed by atoms with Crippen molar-refractivity contribution in [3.8, 4) is 0 Å². The molecule has 20 heavy (non-hydrogen) atoms. The van der Waals surface area contributed by atoms with Gasteiger partial charge in [-0.2, -0.15) is 0 Å². The van der Waals surface area contributed by atoms with E-state index in [1.54, 1.807) is 20.8 Å². The Morgan fingerprint density at radius 1 is 1.05 bits per heavy atom. The molecule has 0 bridgehead atoms. The number of carbonyl (C=O) groups is 3. The zero-order valence-corrected chi connectivity index (χ0v) is 11.3. The van der Waals surface area contributed by atoms with Crippen molar-refractivity contribution >= 4 is 23.6 Å². The molecule has 7 heteroatoms. The summed E-state index contributed by atoms with van der Waals surface area (Å²) >= 11 is 0. The number of anilines is 1. The van der Waals surface area contributed by atoms with Gasteiger partial charge in [0.05, 0.1) is 22.4 Å². The Morgan fingerprint density at radius 3 is 1.95 bits per heavy atom. The minimum absolute atomic E-state index is 0.178. The monoisotopic (exact) mass is 281 g/mol. The third-order valence-electron chi connectivity index (χ3n) is 2.31. The highest BCUT2D eigenvalue weighted by atomic mass is 16.6. The second kappa shape index (κ2) is 5.20. The van der Waals surface area contributed by atoms with Crippen molar-refractivity contribution in [2.75, 3.05) is 5.73 Å². The Balaban J connectivity index is 3.39. The number of rotatable bonds is 3. The maximum atomic E-state index is 11.9. The fourth-order valence-electron chi connectivity index (χ4n) is 1.54. The largest absolute Gasteiger partial charge is 0.478 e. The van der Waals surface area contributed by atoms with E-state index in [-0.39, 0.29) is 5.56 Å². The predicted octanol–water partition coefficient (Wildman–Crippen LogP) is 1.62. The van der Waals surface area contributed by atoms with Gasteiger partial charge in [0.2, 0.25) is 0 Å². The highest BCUT2D eigenvalue weighted by molar-refractivity contribution is 6.09. The summed E-state index contributed by atoms with van der Waals surface area (Å²) in [5, 5.41) is 18.0. The minimum Gasteiger partial charge on any atom is -0.478 e. The van der Waals surface area contributed by atoms with Gasteiger partial charge in [-0.25, -0.2) is 14.4 Å². The molecule has 0 radical (unpaired) electrons. The van der Waals surface area contributed by atoms with Crippen LogP contribution in [0.25, 0.3) is 0 Å². The lowest BCUT2D eigenvalue weighted by Crippen LogP contribution is -2.25. The van der Waals surface area contributed by atoms with Crippen LogP contribution in [-0.2, 0) is 4.74 Å². The van der Waals surface area contributed by atoms with E-state index in [0.29, 0.717) is 0 Å². The van der Waals surface area contributed by atoms with Crippen LogP contribution in [0.15, 0.2) is 12.1 Å². The maximum absolute atomic E-state index is 11.9. The quantitative estimate of drug-likeness (QED) is 0.567. The van der Waals surface area contributed by atoms with Crippen molar-refractivity contribution in [2.45, 2.75) is 26.4 Å². The molecule has 0 heterocycles. The number of hydrogen-bond donors (Lipinski definition) is 3. The van der Waals surface area contributed by atoms with Gasteiger partial charge < -0.3 is 20.7 Å². The number of nitrogens with two attached hydrogens (primary N) is 1. The van der Waals surface area contributed by atoms with E-state index in [4.69, 9.17) is 20.7 Å².